The highest BCUT2D eigenvalue weighted by Gasteiger charge is 2.19. The van der Waals surface area contributed by atoms with Crippen molar-refractivity contribution in [2.45, 2.75) is 26.2 Å². The average molecular weight is 140 g/mol. The van der Waals surface area contributed by atoms with Gasteiger partial charge in [0.05, 0.1) is 0 Å². The molecule has 1 heterocycles. The summed E-state index contributed by atoms with van der Waals surface area (Å²) in [5.41, 5.74) is 0.0399. The predicted octanol–water partition coefficient (Wildman–Crippen LogP) is 0.508. The minimum atomic E-state index is 0.0399. The molecule has 0 aromatic carbocycles. The number of tetrazole rings is 1. The first kappa shape index (κ1) is 7.18. The standard InChI is InChI=1S/C6H12N4/c1-6(2,3)5-7-8-9-10(5)4/h1-4H3. The monoisotopic (exact) mass is 140 g/mol. The molecular weight excluding hydrogens is 128 g/mol. The number of aromatic nitrogens is 4. The first-order valence-electron chi connectivity index (χ1n) is 3.24. The molecule has 1 aromatic heterocycles. The Morgan fingerprint density at radius 3 is 2.10 bits per heavy atom. The lowest BCUT2D eigenvalue weighted by Crippen LogP contribution is -2.17. The molecule has 4 nitrogen and oxygen atoms in total. The lowest BCUT2D eigenvalue weighted by atomic mass is 9.96. The number of nitrogens with zero attached hydrogens (tertiary/aromatic N) is 4. The number of hydrogen-bond acceptors (Lipinski definition) is 3. The zero-order chi connectivity index (χ0) is 7.78. The first-order valence-corrected chi connectivity index (χ1v) is 3.24. The number of aryl methyl sites for hydroxylation is 1. The molecule has 0 saturated heterocycles. The maximum absolute atomic E-state index is 3.89. The average Bonchev–Trinajstić information content (AvgIpc) is 2.11. The minimum absolute atomic E-state index is 0.0399. The molecule has 0 radical (unpaired) electrons. The van der Waals surface area contributed by atoms with Gasteiger partial charge in [-0.3, -0.25) is 0 Å². The maximum atomic E-state index is 3.89. The van der Waals surface area contributed by atoms with E-state index in [9.17, 15) is 0 Å². The van der Waals surface area contributed by atoms with Crippen LogP contribution < -0.4 is 0 Å². The fourth-order valence-corrected chi connectivity index (χ4v) is 0.865. The van der Waals surface area contributed by atoms with Gasteiger partial charge in [-0.15, -0.1) is 5.10 Å². The zero-order valence-electron chi connectivity index (χ0n) is 6.79. The molecule has 0 saturated carbocycles. The van der Waals surface area contributed by atoms with E-state index in [2.05, 4.69) is 36.3 Å². The van der Waals surface area contributed by atoms with Crippen molar-refractivity contribution in [3.63, 3.8) is 0 Å². The first-order chi connectivity index (χ1) is 4.52. The Labute approximate surface area is 60.2 Å². The third kappa shape index (κ3) is 1.15. The molecule has 1 aromatic rings. The van der Waals surface area contributed by atoms with Gasteiger partial charge in [0.2, 0.25) is 0 Å². The fraction of sp³-hybridized carbons (Fsp3) is 0.833. The molecule has 0 fully saturated rings. The van der Waals surface area contributed by atoms with Crippen molar-refractivity contribution in [2.75, 3.05) is 0 Å². The van der Waals surface area contributed by atoms with Crippen LogP contribution in [0, 0.1) is 0 Å². The van der Waals surface area contributed by atoms with Crippen molar-refractivity contribution in [2.24, 2.45) is 7.05 Å². The van der Waals surface area contributed by atoms with E-state index < -0.39 is 0 Å². The third-order valence-electron chi connectivity index (χ3n) is 1.29. The largest absolute Gasteiger partial charge is 0.232 e. The minimum Gasteiger partial charge on any atom is -0.232 e. The van der Waals surface area contributed by atoms with Gasteiger partial charge in [-0.2, -0.15) is 0 Å². The summed E-state index contributed by atoms with van der Waals surface area (Å²) in [5, 5.41) is 11.2. The summed E-state index contributed by atoms with van der Waals surface area (Å²) in [6, 6.07) is 0. The van der Waals surface area contributed by atoms with Crippen LogP contribution in [0.25, 0.3) is 0 Å². The van der Waals surface area contributed by atoms with Gasteiger partial charge < -0.3 is 0 Å². The van der Waals surface area contributed by atoms with E-state index in [4.69, 9.17) is 0 Å². The molecule has 1 rings (SSSR count). The van der Waals surface area contributed by atoms with Crippen molar-refractivity contribution in [3.8, 4) is 0 Å². The Kier molecular flexibility index (Phi) is 1.46. The molecule has 56 valence electrons. The molecule has 0 bridgehead atoms. The summed E-state index contributed by atoms with van der Waals surface area (Å²) in [5.74, 6) is 0.910. The van der Waals surface area contributed by atoms with Gasteiger partial charge in [0.15, 0.2) is 5.82 Å². The number of hydrogen-bond donors (Lipinski definition) is 0. The van der Waals surface area contributed by atoms with Crippen LogP contribution in [0.4, 0.5) is 0 Å². The molecule has 0 aliphatic carbocycles. The van der Waals surface area contributed by atoms with E-state index in [1.54, 1.807) is 4.68 Å². The van der Waals surface area contributed by atoms with Crippen molar-refractivity contribution >= 4 is 0 Å². The molecule has 0 N–H and O–H groups in total. The van der Waals surface area contributed by atoms with Gasteiger partial charge in [0, 0.05) is 12.5 Å². The summed E-state index contributed by atoms with van der Waals surface area (Å²) in [6.07, 6.45) is 0. The van der Waals surface area contributed by atoms with Crippen molar-refractivity contribution in [3.05, 3.63) is 5.82 Å². The maximum Gasteiger partial charge on any atom is 0.156 e. The number of rotatable bonds is 0. The van der Waals surface area contributed by atoms with Gasteiger partial charge in [-0.25, -0.2) is 4.68 Å². The Balaban J connectivity index is 3.05. The van der Waals surface area contributed by atoms with Gasteiger partial charge >= 0.3 is 0 Å². The highest BCUT2D eigenvalue weighted by Crippen LogP contribution is 2.16. The normalized spacial score (nSPS) is 12.0. The van der Waals surface area contributed by atoms with E-state index in [-0.39, 0.29) is 5.41 Å². The fourth-order valence-electron chi connectivity index (χ4n) is 0.865. The summed E-state index contributed by atoms with van der Waals surface area (Å²) in [6.45, 7) is 6.25. The van der Waals surface area contributed by atoms with E-state index in [1.807, 2.05) is 7.05 Å². The van der Waals surface area contributed by atoms with Crippen molar-refractivity contribution in [1.29, 1.82) is 0 Å². The Hall–Kier alpha value is -0.930. The third-order valence-corrected chi connectivity index (χ3v) is 1.29. The lowest BCUT2D eigenvalue weighted by molar-refractivity contribution is 0.506. The van der Waals surface area contributed by atoms with Crippen molar-refractivity contribution < 1.29 is 0 Å². The zero-order valence-corrected chi connectivity index (χ0v) is 6.79. The highest BCUT2D eigenvalue weighted by atomic mass is 15.5. The quantitative estimate of drug-likeness (QED) is 0.527. The van der Waals surface area contributed by atoms with Crippen LogP contribution in [-0.4, -0.2) is 20.2 Å². The molecule has 0 unspecified atom stereocenters. The van der Waals surface area contributed by atoms with Gasteiger partial charge in [0.25, 0.3) is 0 Å². The Morgan fingerprint density at radius 1 is 1.30 bits per heavy atom. The smallest absolute Gasteiger partial charge is 0.156 e. The molecule has 0 aliphatic rings. The van der Waals surface area contributed by atoms with E-state index >= 15 is 0 Å². The van der Waals surface area contributed by atoms with Gasteiger partial charge in [-0.1, -0.05) is 20.8 Å². The van der Waals surface area contributed by atoms with Gasteiger partial charge in [-0.05, 0) is 10.4 Å². The van der Waals surface area contributed by atoms with E-state index in [0.29, 0.717) is 0 Å². The Bertz CT molecular complexity index is 220. The second-order valence-electron chi connectivity index (χ2n) is 3.38. The second-order valence-corrected chi connectivity index (χ2v) is 3.38. The molecule has 4 heteroatoms. The second kappa shape index (κ2) is 2.04. The lowest BCUT2D eigenvalue weighted by Gasteiger charge is -2.14. The highest BCUT2D eigenvalue weighted by molar-refractivity contribution is 4.97. The van der Waals surface area contributed by atoms with Crippen LogP contribution >= 0.6 is 0 Å². The molecule has 0 amide bonds. The van der Waals surface area contributed by atoms with Crippen LogP contribution in [0.15, 0.2) is 0 Å². The Morgan fingerprint density at radius 2 is 1.90 bits per heavy atom. The van der Waals surface area contributed by atoms with E-state index in [0.717, 1.165) is 5.82 Å². The summed E-state index contributed by atoms with van der Waals surface area (Å²) < 4.78 is 1.69. The molecule has 0 aliphatic heterocycles. The van der Waals surface area contributed by atoms with Crippen LogP contribution in [0.5, 0.6) is 0 Å². The van der Waals surface area contributed by atoms with Crippen LogP contribution in [0.3, 0.4) is 0 Å². The SMILES string of the molecule is Cn1nnnc1C(C)(C)C. The molecule has 10 heavy (non-hydrogen) atoms. The summed E-state index contributed by atoms with van der Waals surface area (Å²) in [7, 11) is 1.85. The summed E-state index contributed by atoms with van der Waals surface area (Å²) in [4.78, 5) is 0. The van der Waals surface area contributed by atoms with E-state index in [1.165, 1.54) is 0 Å². The molecular formula is C6H12N4. The van der Waals surface area contributed by atoms with Gasteiger partial charge in [0.1, 0.15) is 0 Å². The predicted molar refractivity (Wildman–Crippen MR) is 37.5 cm³/mol. The van der Waals surface area contributed by atoms with Crippen LogP contribution in [-0.2, 0) is 12.5 Å². The van der Waals surface area contributed by atoms with Crippen molar-refractivity contribution in [1.82, 2.24) is 20.2 Å². The van der Waals surface area contributed by atoms with Crippen LogP contribution in [0.1, 0.15) is 26.6 Å². The molecule has 0 spiro atoms. The summed E-state index contributed by atoms with van der Waals surface area (Å²) >= 11 is 0. The molecule has 0 atom stereocenters. The topological polar surface area (TPSA) is 43.6 Å². The van der Waals surface area contributed by atoms with Crippen LogP contribution in [0.2, 0.25) is 0 Å².